The van der Waals surface area contributed by atoms with Crippen LogP contribution < -0.4 is 5.32 Å². The van der Waals surface area contributed by atoms with Gasteiger partial charge in [-0.05, 0) is 37.9 Å². The standard InChI is InChI=1S/C16H24FN3O/c1-3-10-20-11-8-13(9-12-20)19(2)16(21)18-15-7-5-4-6-14(15)17/h4-7,13H,3,8-12H2,1-2H3,(H,18,21). The van der Waals surface area contributed by atoms with Crippen molar-refractivity contribution in [3.05, 3.63) is 30.1 Å². The lowest BCUT2D eigenvalue weighted by Crippen LogP contribution is -2.47. The summed E-state index contributed by atoms with van der Waals surface area (Å²) in [5, 5.41) is 2.64. The molecule has 1 aromatic carbocycles. The first-order valence-corrected chi connectivity index (χ1v) is 7.62. The zero-order valence-electron chi connectivity index (χ0n) is 12.8. The predicted octanol–water partition coefficient (Wildman–Crippen LogP) is 3.16. The number of hydrogen-bond donors (Lipinski definition) is 1. The molecule has 5 heteroatoms. The van der Waals surface area contributed by atoms with Crippen LogP contribution in [0.2, 0.25) is 0 Å². The fourth-order valence-electron chi connectivity index (χ4n) is 2.78. The third-order valence-electron chi connectivity index (χ3n) is 4.08. The van der Waals surface area contributed by atoms with Gasteiger partial charge in [0, 0.05) is 26.2 Å². The normalized spacial score (nSPS) is 16.7. The van der Waals surface area contributed by atoms with E-state index >= 15 is 0 Å². The summed E-state index contributed by atoms with van der Waals surface area (Å²) in [7, 11) is 1.79. The molecule has 116 valence electrons. The van der Waals surface area contributed by atoms with Crippen LogP contribution in [-0.2, 0) is 0 Å². The van der Waals surface area contributed by atoms with Crippen molar-refractivity contribution in [2.24, 2.45) is 0 Å². The van der Waals surface area contributed by atoms with Gasteiger partial charge in [0.25, 0.3) is 0 Å². The van der Waals surface area contributed by atoms with E-state index in [1.807, 2.05) is 0 Å². The van der Waals surface area contributed by atoms with E-state index in [0.29, 0.717) is 0 Å². The molecule has 0 unspecified atom stereocenters. The molecule has 0 aliphatic carbocycles. The summed E-state index contributed by atoms with van der Waals surface area (Å²) in [5.41, 5.74) is 0.234. The average Bonchev–Trinajstić information content (AvgIpc) is 2.50. The molecule has 2 rings (SSSR count). The van der Waals surface area contributed by atoms with Gasteiger partial charge in [-0.3, -0.25) is 0 Å². The Morgan fingerprint density at radius 3 is 2.67 bits per heavy atom. The number of hydrogen-bond acceptors (Lipinski definition) is 2. The molecule has 1 heterocycles. The molecule has 1 aliphatic heterocycles. The van der Waals surface area contributed by atoms with Crippen LogP contribution in [0.25, 0.3) is 0 Å². The molecule has 1 saturated heterocycles. The Bertz CT molecular complexity index is 472. The van der Waals surface area contributed by atoms with Crippen molar-refractivity contribution in [1.29, 1.82) is 0 Å². The summed E-state index contributed by atoms with van der Waals surface area (Å²) < 4.78 is 13.6. The molecular weight excluding hydrogens is 269 g/mol. The van der Waals surface area contributed by atoms with E-state index < -0.39 is 5.82 Å². The van der Waals surface area contributed by atoms with Gasteiger partial charge in [0.05, 0.1) is 5.69 Å². The van der Waals surface area contributed by atoms with E-state index in [4.69, 9.17) is 0 Å². The SMILES string of the molecule is CCCN1CCC(N(C)C(=O)Nc2ccccc2F)CC1. The van der Waals surface area contributed by atoms with Crippen LogP contribution in [0.15, 0.2) is 24.3 Å². The highest BCUT2D eigenvalue weighted by Crippen LogP contribution is 2.18. The third kappa shape index (κ3) is 4.17. The Morgan fingerprint density at radius 2 is 2.05 bits per heavy atom. The van der Waals surface area contributed by atoms with Gasteiger partial charge in [-0.2, -0.15) is 0 Å². The molecule has 0 bridgehead atoms. The molecule has 1 aromatic rings. The first-order valence-electron chi connectivity index (χ1n) is 7.62. The second kappa shape index (κ2) is 7.41. The molecule has 2 amide bonds. The molecule has 4 nitrogen and oxygen atoms in total. The summed E-state index contributed by atoms with van der Waals surface area (Å²) in [5.74, 6) is -0.406. The van der Waals surface area contributed by atoms with Gasteiger partial charge in [0.1, 0.15) is 5.82 Å². The molecule has 0 atom stereocenters. The van der Waals surface area contributed by atoms with Crippen LogP contribution in [0.5, 0.6) is 0 Å². The van der Waals surface area contributed by atoms with Crippen LogP contribution in [-0.4, -0.2) is 48.6 Å². The van der Waals surface area contributed by atoms with Crippen molar-refractivity contribution in [3.63, 3.8) is 0 Å². The highest BCUT2D eigenvalue weighted by atomic mass is 19.1. The number of carbonyl (C=O) groups is 1. The smallest absolute Gasteiger partial charge is 0.321 e. The minimum absolute atomic E-state index is 0.227. The van der Waals surface area contributed by atoms with Crippen molar-refractivity contribution in [2.75, 3.05) is 32.0 Å². The summed E-state index contributed by atoms with van der Waals surface area (Å²) >= 11 is 0. The fraction of sp³-hybridized carbons (Fsp3) is 0.562. The van der Waals surface area contributed by atoms with Crippen molar-refractivity contribution in [3.8, 4) is 0 Å². The number of anilines is 1. The number of nitrogens with zero attached hydrogens (tertiary/aromatic N) is 2. The summed E-state index contributed by atoms with van der Waals surface area (Å²) in [6, 6.07) is 6.23. The minimum atomic E-state index is -0.406. The van der Waals surface area contributed by atoms with Crippen LogP contribution in [0.1, 0.15) is 26.2 Å². The molecule has 21 heavy (non-hydrogen) atoms. The Balaban J connectivity index is 1.87. The average molecular weight is 293 g/mol. The summed E-state index contributed by atoms with van der Waals surface area (Å²) in [6.07, 6.45) is 3.11. The number of rotatable bonds is 4. The Labute approximate surface area is 125 Å². The molecule has 0 aromatic heterocycles. The highest BCUT2D eigenvalue weighted by Gasteiger charge is 2.25. The van der Waals surface area contributed by atoms with Gasteiger partial charge in [0.15, 0.2) is 0 Å². The zero-order chi connectivity index (χ0) is 15.2. The number of amides is 2. The van der Waals surface area contributed by atoms with E-state index in [9.17, 15) is 9.18 Å². The molecule has 1 N–H and O–H groups in total. The number of carbonyl (C=O) groups excluding carboxylic acids is 1. The summed E-state index contributed by atoms with van der Waals surface area (Å²) in [6.45, 7) is 5.35. The molecule has 1 fully saturated rings. The fourth-order valence-corrected chi connectivity index (χ4v) is 2.78. The maximum atomic E-state index is 13.6. The lowest BCUT2D eigenvalue weighted by molar-refractivity contribution is 0.141. The van der Waals surface area contributed by atoms with Gasteiger partial charge in [-0.1, -0.05) is 19.1 Å². The van der Waals surface area contributed by atoms with Gasteiger partial charge < -0.3 is 15.1 Å². The second-order valence-corrected chi connectivity index (χ2v) is 5.59. The van der Waals surface area contributed by atoms with Crippen LogP contribution in [0.3, 0.4) is 0 Å². The first kappa shape index (κ1) is 15.8. The second-order valence-electron chi connectivity index (χ2n) is 5.59. The van der Waals surface area contributed by atoms with Gasteiger partial charge in [0.2, 0.25) is 0 Å². The lowest BCUT2D eigenvalue weighted by Gasteiger charge is -2.36. The molecule has 0 saturated carbocycles. The Kier molecular flexibility index (Phi) is 5.56. The third-order valence-corrected chi connectivity index (χ3v) is 4.08. The van der Waals surface area contributed by atoms with Crippen LogP contribution in [0, 0.1) is 5.82 Å². The number of piperidine rings is 1. The van der Waals surface area contributed by atoms with Crippen LogP contribution >= 0.6 is 0 Å². The van der Waals surface area contributed by atoms with Crippen molar-refractivity contribution >= 4 is 11.7 Å². The van der Waals surface area contributed by atoms with E-state index in [1.54, 1.807) is 30.1 Å². The monoisotopic (exact) mass is 293 g/mol. The Morgan fingerprint density at radius 1 is 1.38 bits per heavy atom. The number of benzene rings is 1. The van der Waals surface area contributed by atoms with E-state index in [1.165, 1.54) is 6.07 Å². The maximum Gasteiger partial charge on any atom is 0.321 e. The van der Waals surface area contributed by atoms with Gasteiger partial charge >= 0.3 is 6.03 Å². The van der Waals surface area contributed by atoms with Gasteiger partial charge in [-0.25, -0.2) is 9.18 Å². The van der Waals surface area contributed by atoms with E-state index in [2.05, 4.69) is 17.1 Å². The molecular formula is C16H24FN3O. The zero-order valence-corrected chi connectivity index (χ0v) is 12.8. The molecule has 0 radical (unpaired) electrons. The van der Waals surface area contributed by atoms with Crippen molar-refractivity contribution in [2.45, 2.75) is 32.2 Å². The Hall–Kier alpha value is -1.62. The topological polar surface area (TPSA) is 35.6 Å². The quantitative estimate of drug-likeness (QED) is 0.925. The highest BCUT2D eigenvalue weighted by molar-refractivity contribution is 5.89. The largest absolute Gasteiger partial charge is 0.325 e. The van der Waals surface area contributed by atoms with Crippen molar-refractivity contribution < 1.29 is 9.18 Å². The van der Waals surface area contributed by atoms with Gasteiger partial charge in [-0.15, -0.1) is 0 Å². The number of nitrogens with one attached hydrogen (secondary N) is 1. The van der Waals surface area contributed by atoms with E-state index in [0.717, 1.165) is 38.9 Å². The van der Waals surface area contributed by atoms with Crippen LogP contribution in [0.4, 0.5) is 14.9 Å². The number of likely N-dealkylation sites (tertiary alicyclic amines) is 1. The first-order chi connectivity index (χ1) is 10.1. The maximum absolute atomic E-state index is 13.6. The number of halogens is 1. The molecule has 1 aliphatic rings. The summed E-state index contributed by atoms with van der Waals surface area (Å²) in [4.78, 5) is 16.3. The van der Waals surface area contributed by atoms with Crippen molar-refractivity contribution in [1.82, 2.24) is 9.80 Å². The number of para-hydroxylation sites is 1. The minimum Gasteiger partial charge on any atom is -0.325 e. The molecule has 0 spiro atoms. The predicted molar refractivity (Wildman–Crippen MR) is 82.9 cm³/mol. The van der Waals surface area contributed by atoms with E-state index in [-0.39, 0.29) is 17.8 Å². The lowest BCUT2D eigenvalue weighted by atomic mass is 10.0. The number of urea groups is 1.